The van der Waals surface area contributed by atoms with Gasteiger partial charge in [0, 0.05) is 5.57 Å². The average molecular weight is 227 g/mol. The summed E-state index contributed by atoms with van der Waals surface area (Å²) in [6, 6.07) is 0. The number of rotatable bonds is 3. The minimum Gasteiger partial charge on any atom is -0.477 e. The van der Waals surface area contributed by atoms with Crippen molar-refractivity contribution < 1.29 is 19.2 Å². The second-order valence-corrected chi connectivity index (χ2v) is 4.69. The largest absolute Gasteiger partial charge is 0.477 e. The normalized spacial score (nSPS) is 19.2. The van der Waals surface area contributed by atoms with Crippen LogP contribution in [0.1, 0.15) is 6.92 Å². The molecule has 1 aliphatic heterocycles. The van der Waals surface area contributed by atoms with E-state index in [9.17, 15) is 9.59 Å². The molecule has 0 unspecified atom stereocenters. The van der Waals surface area contributed by atoms with Crippen molar-refractivity contribution in [1.29, 1.82) is 0 Å². The summed E-state index contributed by atoms with van der Waals surface area (Å²) in [5.74, 6) is -0.816. The van der Waals surface area contributed by atoms with E-state index in [4.69, 9.17) is 5.11 Å². The van der Waals surface area contributed by atoms with Crippen molar-refractivity contribution in [2.24, 2.45) is 0 Å². The van der Waals surface area contributed by atoms with Gasteiger partial charge >= 0.3 is 5.97 Å². The van der Waals surface area contributed by atoms with E-state index in [1.165, 1.54) is 0 Å². The van der Waals surface area contributed by atoms with Gasteiger partial charge in [-0.1, -0.05) is 6.58 Å². The van der Waals surface area contributed by atoms with Crippen LogP contribution in [0, 0.1) is 0 Å². The molecule has 1 fully saturated rings. The Bertz CT molecular complexity index is 317. The Morgan fingerprint density at radius 1 is 1.38 bits per heavy atom. The van der Waals surface area contributed by atoms with E-state index in [-0.39, 0.29) is 12.5 Å². The molecule has 0 aromatic heterocycles. The number of quaternary nitrogens is 1. The maximum atomic E-state index is 11.6. The molecule has 0 radical (unpaired) electrons. The lowest BCUT2D eigenvalue weighted by Crippen LogP contribution is -2.60. The second kappa shape index (κ2) is 4.65. The molecule has 1 saturated heterocycles. The zero-order chi connectivity index (χ0) is 12.3. The number of hydrogen-bond acceptors (Lipinski definition) is 2. The third-order valence-corrected chi connectivity index (χ3v) is 2.99. The van der Waals surface area contributed by atoms with Crippen LogP contribution in [-0.4, -0.2) is 66.1 Å². The number of carbonyl (C=O) groups excluding carboxylic acids is 1. The molecule has 5 heteroatoms. The summed E-state index contributed by atoms with van der Waals surface area (Å²) in [6.45, 7) is 8.03. The Kier molecular flexibility index (Phi) is 3.70. The molecule has 1 heterocycles. The van der Waals surface area contributed by atoms with Crippen molar-refractivity contribution >= 4 is 11.9 Å². The number of carboxylic acids is 1. The molecule has 0 spiro atoms. The van der Waals surface area contributed by atoms with Crippen LogP contribution in [0.5, 0.6) is 0 Å². The van der Waals surface area contributed by atoms with Gasteiger partial charge in [0.1, 0.15) is 0 Å². The second-order valence-electron chi connectivity index (χ2n) is 4.69. The molecule has 1 amide bonds. The van der Waals surface area contributed by atoms with E-state index in [1.807, 2.05) is 7.05 Å². The Balaban J connectivity index is 2.53. The molecular formula is C11H19N2O3+. The standard InChI is InChI=1S/C11H18N2O3/c1-9(2)11(16)12-4-6-13(3,7-5-12)8-10(14)15/h1,4-8H2,2-3H3/p+1. The minimum atomic E-state index is -0.790. The van der Waals surface area contributed by atoms with E-state index in [1.54, 1.807) is 11.8 Å². The average Bonchev–Trinajstić information content (AvgIpc) is 2.16. The van der Waals surface area contributed by atoms with Gasteiger partial charge in [0.15, 0.2) is 6.54 Å². The van der Waals surface area contributed by atoms with E-state index in [2.05, 4.69) is 6.58 Å². The molecule has 0 aromatic carbocycles. The molecule has 1 aliphatic rings. The van der Waals surface area contributed by atoms with E-state index < -0.39 is 5.97 Å². The van der Waals surface area contributed by atoms with E-state index >= 15 is 0 Å². The van der Waals surface area contributed by atoms with Crippen LogP contribution in [0.15, 0.2) is 12.2 Å². The Morgan fingerprint density at radius 2 is 1.88 bits per heavy atom. The van der Waals surface area contributed by atoms with Gasteiger partial charge in [0.05, 0.1) is 33.2 Å². The monoisotopic (exact) mass is 227 g/mol. The molecular weight excluding hydrogens is 208 g/mol. The molecule has 1 N–H and O–H groups in total. The topological polar surface area (TPSA) is 57.6 Å². The maximum Gasteiger partial charge on any atom is 0.359 e. The molecule has 1 rings (SSSR count). The van der Waals surface area contributed by atoms with Crippen LogP contribution in [0.2, 0.25) is 0 Å². The maximum absolute atomic E-state index is 11.6. The van der Waals surface area contributed by atoms with Crippen LogP contribution in [-0.2, 0) is 9.59 Å². The van der Waals surface area contributed by atoms with Gasteiger partial charge in [-0.2, -0.15) is 0 Å². The van der Waals surface area contributed by atoms with Crippen LogP contribution in [0.25, 0.3) is 0 Å². The lowest BCUT2D eigenvalue weighted by molar-refractivity contribution is -0.906. The van der Waals surface area contributed by atoms with E-state index in [0.717, 1.165) is 0 Å². The van der Waals surface area contributed by atoms with Gasteiger partial charge in [-0.15, -0.1) is 0 Å². The highest BCUT2D eigenvalue weighted by Gasteiger charge is 2.32. The summed E-state index contributed by atoms with van der Waals surface area (Å²) >= 11 is 0. The molecule has 0 aromatic rings. The number of carboxylic acid groups (broad SMARTS) is 1. The van der Waals surface area contributed by atoms with Gasteiger partial charge in [-0.05, 0) is 6.92 Å². The molecule has 90 valence electrons. The first-order valence-corrected chi connectivity index (χ1v) is 5.34. The Hall–Kier alpha value is -1.36. The quantitative estimate of drug-likeness (QED) is 0.542. The van der Waals surface area contributed by atoms with Gasteiger partial charge in [0.2, 0.25) is 5.91 Å². The van der Waals surface area contributed by atoms with Gasteiger partial charge in [-0.3, -0.25) is 4.79 Å². The molecule has 5 nitrogen and oxygen atoms in total. The fraction of sp³-hybridized carbons (Fsp3) is 0.636. The predicted octanol–water partition coefficient (Wildman–Crippen LogP) is -0.0641. The van der Waals surface area contributed by atoms with Crippen molar-refractivity contribution in [3.05, 3.63) is 12.2 Å². The number of aliphatic carboxylic acids is 1. The first-order chi connectivity index (χ1) is 7.34. The van der Waals surface area contributed by atoms with Crippen LogP contribution < -0.4 is 0 Å². The molecule has 0 bridgehead atoms. The summed E-state index contributed by atoms with van der Waals surface area (Å²) in [6.07, 6.45) is 0. The molecule has 0 aliphatic carbocycles. The van der Waals surface area contributed by atoms with Crippen LogP contribution >= 0.6 is 0 Å². The van der Waals surface area contributed by atoms with Gasteiger partial charge < -0.3 is 14.5 Å². The lowest BCUT2D eigenvalue weighted by atomic mass is 10.2. The molecule has 16 heavy (non-hydrogen) atoms. The summed E-state index contributed by atoms with van der Waals surface area (Å²) in [5.41, 5.74) is 0.536. The summed E-state index contributed by atoms with van der Waals surface area (Å²) in [7, 11) is 1.91. The SMILES string of the molecule is C=C(C)C(=O)N1CC[N+](C)(CC(=O)O)CC1. The van der Waals surface area contributed by atoms with E-state index in [0.29, 0.717) is 36.2 Å². The number of piperazine rings is 1. The van der Waals surface area contributed by atoms with Gasteiger partial charge in [-0.25, -0.2) is 4.79 Å². The first kappa shape index (κ1) is 12.7. The first-order valence-electron chi connectivity index (χ1n) is 5.34. The fourth-order valence-corrected chi connectivity index (χ4v) is 1.91. The van der Waals surface area contributed by atoms with Crippen LogP contribution in [0.3, 0.4) is 0 Å². The van der Waals surface area contributed by atoms with Crippen molar-refractivity contribution in [2.45, 2.75) is 6.92 Å². The van der Waals surface area contributed by atoms with Crippen molar-refractivity contribution in [3.8, 4) is 0 Å². The molecule has 0 atom stereocenters. The predicted molar refractivity (Wildman–Crippen MR) is 59.8 cm³/mol. The molecule has 0 saturated carbocycles. The fourth-order valence-electron chi connectivity index (χ4n) is 1.91. The van der Waals surface area contributed by atoms with Crippen molar-refractivity contribution in [3.63, 3.8) is 0 Å². The number of nitrogens with zero attached hydrogens (tertiary/aromatic N) is 2. The lowest BCUT2D eigenvalue weighted by Gasteiger charge is -2.40. The highest BCUT2D eigenvalue weighted by molar-refractivity contribution is 5.92. The number of likely N-dealkylation sites (N-methyl/N-ethyl adjacent to an activating group) is 1. The summed E-state index contributed by atoms with van der Waals surface area (Å²) in [5, 5.41) is 8.78. The zero-order valence-electron chi connectivity index (χ0n) is 9.90. The summed E-state index contributed by atoms with van der Waals surface area (Å²) in [4.78, 5) is 24.1. The van der Waals surface area contributed by atoms with Crippen LogP contribution in [0.4, 0.5) is 0 Å². The Labute approximate surface area is 95.5 Å². The van der Waals surface area contributed by atoms with Gasteiger partial charge in [0.25, 0.3) is 0 Å². The Morgan fingerprint density at radius 3 is 2.25 bits per heavy atom. The highest BCUT2D eigenvalue weighted by Crippen LogP contribution is 2.11. The number of carbonyl (C=O) groups is 2. The third kappa shape index (κ3) is 3.06. The third-order valence-electron chi connectivity index (χ3n) is 2.99. The smallest absolute Gasteiger partial charge is 0.359 e. The zero-order valence-corrected chi connectivity index (χ0v) is 9.90. The number of amides is 1. The minimum absolute atomic E-state index is 0.0263. The van der Waals surface area contributed by atoms with Crippen molar-refractivity contribution in [1.82, 2.24) is 4.90 Å². The highest BCUT2D eigenvalue weighted by atomic mass is 16.4. The summed E-state index contributed by atoms with van der Waals surface area (Å²) < 4.78 is 0.495. The number of hydrogen-bond donors (Lipinski definition) is 1. The van der Waals surface area contributed by atoms with Crippen molar-refractivity contribution in [2.75, 3.05) is 39.8 Å².